The molecule has 1 heteroatoms. The van der Waals surface area contributed by atoms with Crippen molar-refractivity contribution in [3.63, 3.8) is 0 Å². The zero-order valence-corrected chi connectivity index (χ0v) is 9.65. The van der Waals surface area contributed by atoms with E-state index in [-0.39, 0.29) is 0 Å². The second-order valence-electron chi connectivity index (χ2n) is 3.38. The van der Waals surface area contributed by atoms with Crippen LogP contribution >= 0.6 is 0 Å². The van der Waals surface area contributed by atoms with Crippen molar-refractivity contribution in [3.05, 3.63) is 36.5 Å². The predicted octanol–water partition coefficient (Wildman–Crippen LogP) is 4.54. The van der Waals surface area contributed by atoms with Crippen LogP contribution in [0.25, 0.3) is 0 Å². The molecule has 0 aromatic heterocycles. The Balaban J connectivity index is 3.28. The minimum atomic E-state index is 0.690. The zero-order chi connectivity index (χ0) is 11.2. The van der Waals surface area contributed by atoms with Gasteiger partial charge in [0.15, 0.2) is 0 Å². The second-order valence-corrected chi connectivity index (χ2v) is 3.38. The molecule has 15 heavy (non-hydrogen) atoms. The molecule has 0 aliphatic heterocycles. The molecular weight excluding hydrogens is 182 g/mol. The van der Waals surface area contributed by atoms with Crippen LogP contribution in [-0.4, -0.2) is 0 Å². The van der Waals surface area contributed by atoms with E-state index in [1.165, 1.54) is 0 Å². The Morgan fingerprint density at radius 3 is 2.53 bits per heavy atom. The Hall–Kier alpha value is -1.29. The van der Waals surface area contributed by atoms with Gasteiger partial charge in [-0.25, -0.2) is 0 Å². The number of unbranched alkanes of at least 4 members (excludes halogenated alkanes) is 3. The lowest BCUT2D eigenvalue weighted by Crippen LogP contribution is -1.71. The Kier molecular flexibility index (Phi) is 11.6. The molecule has 0 spiro atoms. The maximum absolute atomic E-state index is 8.33. The molecule has 0 aromatic rings. The highest BCUT2D eigenvalue weighted by Crippen LogP contribution is 2.00. The van der Waals surface area contributed by atoms with Crippen molar-refractivity contribution in [2.24, 2.45) is 0 Å². The van der Waals surface area contributed by atoms with E-state index in [2.05, 4.69) is 49.4 Å². The summed E-state index contributed by atoms with van der Waals surface area (Å²) in [5.41, 5.74) is 0. The van der Waals surface area contributed by atoms with Gasteiger partial charge in [0.05, 0.1) is 6.07 Å². The molecule has 0 heterocycles. The van der Waals surface area contributed by atoms with E-state index in [9.17, 15) is 0 Å². The summed E-state index contributed by atoms with van der Waals surface area (Å²) in [6.07, 6.45) is 18.9. The standard InChI is InChI=1S/C14H21N/c1-2-3-4-5-6-7-8-9-10-11-12-13-14-15/h3-6,8-9H,2,7,10-13H2,1H3/b4-3+,6-5+,9-8+. The van der Waals surface area contributed by atoms with E-state index in [0.29, 0.717) is 6.42 Å². The van der Waals surface area contributed by atoms with E-state index in [1.54, 1.807) is 0 Å². The second kappa shape index (κ2) is 12.7. The summed E-state index contributed by atoms with van der Waals surface area (Å²) in [5.74, 6) is 0. The molecule has 0 rings (SSSR count). The first-order valence-corrected chi connectivity index (χ1v) is 5.75. The molecule has 0 radical (unpaired) electrons. The van der Waals surface area contributed by atoms with Gasteiger partial charge in [-0.05, 0) is 32.1 Å². The monoisotopic (exact) mass is 203 g/mol. The van der Waals surface area contributed by atoms with Crippen LogP contribution in [0, 0.1) is 11.3 Å². The third-order valence-corrected chi connectivity index (χ3v) is 1.97. The summed E-state index contributed by atoms with van der Waals surface area (Å²) in [4.78, 5) is 0. The lowest BCUT2D eigenvalue weighted by molar-refractivity contribution is 0.767. The molecule has 0 aromatic carbocycles. The summed E-state index contributed by atoms with van der Waals surface area (Å²) in [6, 6.07) is 2.16. The minimum Gasteiger partial charge on any atom is -0.198 e. The average molecular weight is 203 g/mol. The third-order valence-electron chi connectivity index (χ3n) is 1.97. The highest BCUT2D eigenvalue weighted by Gasteiger charge is 1.83. The van der Waals surface area contributed by atoms with Crippen LogP contribution in [0.1, 0.15) is 45.4 Å². The molecule has 0 bridgehead atoms. The van der Waals surface area contributed by atoms with Crippen molar-refractivity contribution in [2.45, 2.75) is 45.4 Å². The van der Waals surface area contributed by atoms with Gasteiger partial charge < -0.3 is 0 Å². The number of hydrogen-bond acceptors (Lipinski definition) is 1. The number of nitriles is 1. The number of nitrogens with zero attached hydrogens (tertiary/aromatic N) is 1. The van der Waals surface area contributed by atoms with Crippen molar-refractivity contribution < 1.29 is 0 Å². The predicted molar refractivity (Wildman–Crippen MR) is 66.4 cm³/mol. The van der Waals surface area contributed by atoms with Crippen molar-refractivity contribution in [3.8, 4) is 6.07 Å². The maximum atomic E-state index is 8.33. The molecule has 1 nitrogen and oxygen atoms in total. The highest BCUT2D eigenvalue weighted by molar-refractivity contribution is 5.04. The van der Waals surface area contributed by atoms with E-state index in [0.717, 1.165) is 32.1 Å². The van der Waals surface area contributed by atoms with Gasteiger partial charge in [-0.1, -0.05) is 43.4 Å². The molecule has 0 aliphatic rings. The fourth-order valence-electron chi connectivity index (χ4n) is 1.13. The van der Waals surface area contributed by atoms with Gasteiger partial charge >= 0.3 is 0 Å². The number of hydrogen-bond donors (Lipinski definition) is 0. The topological polar surface area (TPSA) is 23.8 Å². The average Bonchev–Trinajstić information content (AvgIpc) is 2.26. The van der Waals surface area contributed by atoms with Gasteiger partial charge in [-0.2, -0.15) is 5.26 Å². The molecule has 0 saturated carbocycles. The van der Waals surface area contributed by atoms with Crippen LogP contribution in [0.15, 0.2) is 36.5 Å². The Morgan fingerprint density at radius 2 is 1.80 bits per heavy atom. The van der Waals surface area contributed by atoms with E-state index >= 15 is 0 Å². The van der Waals surface area contributed by atoms with Gasteiger partial charge in [0, 0.05) is 6.42 Å². The first-order valence-electron chi connectivity index (χ1n) is 5.75. The molecule has 0 saturated heterocycles. The van der Waals surface area contributed by atoms with Crippen LogP contribution in [0.2, 0.25) is 0 Å². The quantitative estimate of drug-likeness (QED) is 0.323. The van der Waals surface area contributed by atoms with Gasteiger partial charge in [0.1, 0.15) is 0 Å². The Morgan fingerprint density at radius 1 is 1.00 bits per heavy atom. The summed E-state index contributed by atoms with van der Waals surface area (Å²) in [7, 11) is 0. The van der Waals surface area contributed by atoms with Gasteiger partial charge in [-0.3, -0.25) is 0 Å². The molecule has 0 aliphatic carbocycles. The van der Waals surface area contributed by atoms with Crippen LogP contribution in [0.3, 0.4) is 0 Å². The molecule has 0 fully saturated rings. The lowest BCUT2D eigenvalue weighted by atomic mass is 10.2. The maximum Gasteiger partial charge on any atom is 0.0621 e. The van der Waals surface area contributed by atoms with Gasteiger partial charge in [0.25, 0.3) is 0 Å². The fraction of sp³-hybridized carbons (Fsp3) is 0.500. The van der Waals surface area contributed by atoms with Crippen molar-refractivity contribution >= 4 is 0 Å². The molecular formula is C14H21N. The van der Waals surface area contributed by atoms with Crippen molar-refractivity contribution in [1.82, 2.24) is 0 Å². The van der Waals surface area contributed by atoms with Crippen LogP contribution < -0.4 is 0 Å². The van der Waals surface area contributed by atoms with Crippen molar-refractivity contribution in [1.29, 1.82) is 5.26 Å². The molecule has 0 atom stereocenters. The summed E-state index contributed by atoms with van der Waals surface area (Å²) >= 11 is 0. The zero-order valence-electron chi connectivity index (χ0n) is 9.65. The minimum absolute atomic E-state index is 0.690. The van der Waals surface area contributed by atoms with Crippen LogP contribution in [0.4, 0.5) is 0 Å². The Labute approximate surface area is 93.8 Å². The molecule has 0 N–H and O–H groups in total. The number of allylic oxidation sites excluding steroid dienone is 6. The molecule has 82 valence electrons. The largest absolute Gasteiger partial charge is 0.198 e. The summed E-state index contributed by atoms with van der Waals surface area (Å²) in [6.45, 7) is 2.13. The first-order chi connectivity index (χ1) is 7.41. The number of rotatable bonds is 8. The fourth-order valence-corrected chi connectivity index (χ4v) is 1.13. The smallest absolute Gasteiger partial charge is 0.0621 e. The lowest BCUT2D eigenvalue weighted by Gasteiger charge is -1.89. The van der Waals surface area contributed by atoms with Crippen molar-refractivity contribution in [2.75, 3.05) is 0 Å². The SMILES string of the molecule is CC/C=C/C=C/C/C=C/CCCCC#N. The van der Waals surface area contributed by atoms with E-state index in [4.69, 9.17) is 5.26 Å². The molecule has 0 amide bonds. The molecule has 0 unspecified atom stereocenters. The Bertz CT molecular complexity index is 241. The normalized spacial score (nSPS) is 11.7. The summed E-state index contributed by atoms with van der Waals surface area (Å²) in [5, 5.41) is 8.33. The third kappa shape index (κ3) is 12.7. The summed E-state index contributed by atoms with van der Waals surface area (Å²) < 4.78 is 0. The van der Waals surface area contributed by atoms with Gasteiger partial charge in [-0.15, -0.1) is 0 Å². The highest BCUT2D eigenvalue weighted by atomic mass is 14.2. The van der Waals surface area contributed by atoms with Gasteiger partial charge in [0.2, 0.25) is 0 Å². The van der Waals surface area contributed by atoms with E-state index in [1.807, 2.05) is 0 Å². The van der Waals surface area contributed by atoms with E-state index < -0.39 is 0 Å². The van der Waals surface area contributed by atoms with Crippen LogP contribution in [0.5, 0.6) is 0 Å². The van der Waals surface area contributed by atoms with Crippen LogP contribution in [-0.2, 0) is 0 Å². The first kappa shape index (κ1) is 13.7.